The third-order valence-electron chi connectivity index (χ3n) is 3.87. The summed E-state index contributed by atoms with van der Waals surface area (Å²) in [5.41, 5.74) is 1.78. The number of amides is 1. The lowest BCUT2D eigenvalue weighted by Crippen LogP contribution is -2.44. The molecule has 0 saturated carbocycles. The first-order chi connectivity index (χ1) is 10.2. The van der Waals surface area contributed by atoms with E-state index in [0.29, 0.717) is 6.42 Å². The van der Waals surface area contributed by atoms with E-state index in [4.69, 9.17) is 9.16 Å². The number of nitrogens with one attached hydrogen (secondary N) is 1. The molecule has 1 aliphatic rings. The molecule has 5 heteroatoms. The number of ether oxygens (including phenoxy) is 1. The van der Waals surface area contributed by atoms with Crippen LogP contribution in [-0.4, -0.2) is 27.2 Å². The first-order valence-corrected chi connectivity index (χ1v) is 10.7. The van der Waals surface area contributed by atoms with E-state index in [2.05, 4.69) is 39.2 Å². The number of fused-ring (bicyclic) bond motifs is 1. The average molecular weight is 321 g/mol. The number of carbonyl (C=O) groups is 1. The fourth-order valence-corrected chi connectivity index (χ4v) is 3.78. The molecule has 22 heavy (non-hydrogen) atoms. The van der Waals surface area contributed by atoms with Gasteiger partial charge in [-0.2, -0.15) is 0 Å². The van der Waals surface area contributed by atoms with Gasteiger partial charge >= 0.3 is 0 Å². The highest BCUT2D eigenvalue weighted by Crippen LogP contribution is 2.35. The van der Waals surface area contributed by atoms with E-state index >= 15 is 0 Å². The molecule has 2 unspecified atom stereocenters. The summed E-state index contributed by atoms with van der Waals surface area (Å²) >= 11 is 0. The molecule has 0 spiro atoms. The van der Waals surface area contributed by atoms with E-state index in [1.54, 1.807) is 0 Å². The second-order valence-corrected chi connectivity index (χ2v) is 9.69. The largest absolute Gasteiger partial charge is 0.478 e. The Labute approximate surface area is 134 Å². The molecule has 0 saturated heterocycles. The predicted molar refractivity (Wildman–Crippen MR) is 92.0 cm³/mol. The molecule has 1 N–H and O–H groups in total. The van der Waals surface area contributed by atoms with Crippen LogP contribution in [0.5, 0.6) is 5.75 Å². The summed E-state index contributed by atoms with van der Waals surface area (Å²) in [6.07, 6.45) is 0.0982. The fourth-order valence-electron chi connectivity index (χ4n) is 2.60. The molecule has 1 heterocycles. The van der Waals surface area contributed by atoms with E-state index in [1.807, 2.05) is 25.1 Å². The summed E-state index contributed by atoms with van der Waals surface area (Å²) in [6, 6.07) is 5.81. The van der Waals surface area contributed by atoms with E-state index < -0.39 is 15.1 Å². The normalized spacial score (nSPS) is 19.4. The molecule has 0 aliphatic carbocycles. The van der Waals surface area contributed by atoms with Crippen LogP contribution in [0, 0.1) is 12.3 Å². The minimum Gasteiger partial charge on any atom is -0.478 e. The number of rotatable bonds is 4. The zero-order chi connectivity index (χ0) is 16.5. The molecular formula is C17H27NO3Si. The van der Waals surface area contributed by atoms with Gasteiger partial charge in [0.2, 0.25) is 0 Å². The Bertz CT molecular complexity index is 551. The standard InChI is InChI=1S/C17H27NO3Si/c1-11-8-7-9-12-15(11)18-16(19)13(20-12)10-14(17(2,3)4)21-22(5)6/h7-9,13-14,22H,10H2,1-6H3,(H,18,19). The summed E-state index contributed by atoms with van der Waals surface area (Å²) in [4.78, 5) is 12.4. The van der Waals surface area contributed by atoms with Gasteiger partial charge in [-0.25, -0.2) is 0 Å². The molecule has 2 rings (SSSR count). The van der Waals surface area contributed by atoms with Crippen LogP contribution in [0.3, 0.4) is 0 Å². The fraction of sp³-hybridized carbons (Fsp3) is 0.588. The maximum atomic E-state index is 12.4. The van der Waals surface area contributed by atoms with Crippen LogP contribution in [0.15, 0.2) is 18.2 Å². The van der Waals surface area contributed by atoms with Crippen molar-refractivity contribution in [2.45, 2.75) is 59.4 Å². The SMILES string of the molecule is Cc1cccc2c1NC(=O)C(CC(O[SiH](C)C)C(C)(C)C)O2. The van der Waals surface area contributed by atoms with Gasteiger partial charge in [0, 0.05) is 6.42 Å². The Hall–Kier alpha value is -1.33. The summed E-state index contributed by atoms with van der Waals surface area (Å²) in [6.45, 7) is 12.7. The second-order valence-electron chi connectivity index (χ2n) is 7.32. The maximum absolute atomic E-state index is 12.4. The topological polar surface area (TPSA) is 47.6 Å². The van der Waals surface area contributed by atoms with Crippen LogP contribution >= 0.6 is 0 Å². The molecule has 0 bridgehead atoms. The van der Waals surface area contributed by atoms with Crippen molar-refractivity contribution in [3.63, 3.8) is 0 Å². The van der Waals surface area contributed by atoms with Crippen molar-refractivity contribution < 1.29 is 14.0 Å². The zero-order valence-corrected chi connectivity index (χ0v) is 15.6. The van der Waals surface area contributed by atoms with Gasteiger partial charge in [-0.1, -0.05) is 32.9 Å². The highest BCUT2D eigenvalue weighted by atomic mass is 28.3. The van der Waals surface area contributed by atoms with E-state index in [-0.39, 0.29) is 17.4 Å². The molecule has 1 aromatic rings. The van der Waals surface area contributed by atoms with E-state index in [9.17, 15) is 4.79 Å². The Balaban J connectivity index is 2.17. The molecule has 1 aromatic carbocycles. The number of carbonyl (C=O) groups excluding carboxylic acids is 1. The van der Waals surface area contributed by atoms with Crippen molar-refractivity contribution >= 4 is 20.6 Å². The molecule has 1 amide bonds. The number of anilines is 1. The van der Waals surface area contributed by atoms with Gasteiger partial charge in [0.05, 0.1) is 11.8 Å². The number of hydrogen-bond acceptors (Lipinski definition) is 3. The van der Waals surface area contributed by atoms with Crippen LogP contribution in [0.2, 0.25) is 13.1 Å². The molecule has 4 nitrogen and oxygen atoms in total. The Morgan fingerprint density at radius 3 is 2.64 bits per heavy atom. The van der Waals surface area contributed by atoms with Gasteiger partial charge in [-0.05, 0) is 37.1 Å². The summed E-state index contributed by atoms with van der Waals surface area (Å²) in [5.74, 6) is 0.670. The van der Waals surface area contributed by atoms with Crippen molar-refractivity contribution in [2.24, 2.45) is 5.41 Å². The quantitative estimate of drug-likeness (QED) is 0.864. The van der Waals surface area contributed by atoms with Crippen LogP contribution in [0.4, 0.5) is 5.69 Å². The first-order valence-electron chi connectivity index (χ1n) is 7.91. The van der Waals surface area contributed by atoms with Crippen LogP contribution in [0.25, 0.3) is 0 Å². The van der Waals surface area contributed by atoms with Gasteiger partial charge in [-0.3, -0.25) is 4.79 Å². The third-order valence-corrected chi connectivity index (χ3v) is 4.75. The minimum atomic E-state index is -1.18. The monoisotopic (exact) mass is 321 g/mol. The van der Waals surface area contributed by atoms with Crippen molar-refractivity contribution in [3.05, 3.63) is 23.8 Å². The van der Waals surface area contributed by atoms with Gasteiger partial charge < -0.3 is 14.5 Å². The van der Waals surface area contributed by atoms with Gasteiger partial charge in [-0.15, -0.1) is 0 Å². The molecular weight excluding hydrogens is 294 g/mol. The summed E-state index contributed by atoms with van der Waals surface area (Å²) in [5, 5.41) is 2.98. The van der Waals surface area contributed by atoms with Crippen LogP contribution < -0.4 is 10.1 Å². The molecule has 1 aliphatic heterocycles. The summed E-state index contributed by atoms with van der Waals surface area (Å²) < 4.78 is 12.1. The average Bonchev–Trinajstić information content (AvgIpc) is 2.38. The third kappa shape index (κ3) is 3.90. The first kappa shape index (κ1) is 17.0. The van der Waals surface area contributed by atoms with Crippen LogP contribution in [0.1, 0.15) is 32.8 Å². The molecule has 2 atom stereocenters. The number of aryl methyl sites for hydroxylation is 1. The van der Waals surface area contributed by atoms with Crippen LogP contribution in [-0.2, 0) is 9.22 Å². The molecule has 0 aromatic heterocycles. The summed E-state index contributed by atoms with van der Waals surface area (Å²) in [7, 11) is -1.18. The lowest BCUT2D eigenvalue weighted by atomic mass is 9.85. The van der Waals surface area contributed by atoms with Crippen molar-refractivity contribution in [1.82, 2.24) is 0 Å². The minimum absolute atomic E-state index is 0.0151. The van der Waals surface area contributed by atoms with E-state index in [1.165, 1.54) is 0 Å². The van der Waals surface area contributed by atoms with Crippen molar-refractivity contribution in [3.8, 4) is 5.75 Å². The van der Waals surface area contributed by atoms with Crippen molar-refractivity contribution in [2.75, 3.05) is 5.32 Å². The molecule has 122 valence electrons. The zero-order valence-electron chi connectivity index (χ0n) is 14.4. The highest BCUT2D eigenvalue weighted by Gasteiger charge is 2.35. The lowest BCUT2D eigenvalue weighted by Gasteiger charge is -2.36. The van der Waals surface area contributed by atoms with Crippen molar-refractivity contribution in [1.29, 1.82) is 0 Å². The second kappa shape index (κ2) is 6.42. The number of para-hydroxylation sites is 1. The number of hydrogen-bond donors (Lipinski definition) is 1. The Morgan fingerprint density at radius 1 is 1.36 bits per heavy atom. The van der Waals surface area contributed by atoms with E-state index in [0.717, 1.165) is 17.0 Å². The van der Waals surface area contributed by atoms with Gasteiger partial charge in [0.1, 0.15) is 5.75 Å². The smallest absolute Gasteiger partial charge is 0.265 e. The van der Waals surface area contributed by atoms with Gasteiger partial charge in [0.15, 0.2) is 15.1 Å². The maximum Gasteiger partial charge on any atom is 0.265 e. The molecule has 0 fully saturated rings. The molecule has 0 radical (unpaired) electrons. The Kier molecular flexibility index (Phi) is 4.97. The number of benzene rings is 1. The highest BCUT2D eigenvalue weighted by molar-refractivity contribution is 6.48. The Morgan fingerprint density at radius 2 is 2.05 bits per heavy atom. The lowest BCUT2D eigenvalue weighted by molar-refractivity contribution is -0.125. The predicted octanol–water partition coefficient (Wildman–Crippen LogP) is 3.50. The van der Waals surface area contributed by atoms with Gasteiger partial charge in [0.25, 0.3) is 5.91 Å².